The lowest BCUT2D eigenvalue weighted by atomic mass is 9.97. The van der Waals surface area contributed by atoms with Gasteiger partial charge in [0.15, 0.2) is 5.13 Å². The molecule has 1 amide bonds. The number of anilines is 1. The van der Waals surface area contributed by atoms with E-state index in [1.807, 2.05) is 53.4 Å². The van der Waals surface area contributed by atoms with E-state index in [0.717, 1.165) is 40.3 Å². The summed E-state index contributed by atoms with van der Waals surface area (Å²) >= 11 is 1.67. The molecule has 30 heavy (non-hydrogen) atoms. The molecule has 5 heteroatoms. The van der Waals surface area contributed by atoms with E-state index in [1.165, 1.54) is 10.3 Å². The van der Waals surface area contributed by atoms with Crippen LogP contribution in [0.15, 0.2) is 72.8 Å². The number of carbonyl (C=O) groups is 1. The first-order valence-corrected chi connectivity index (χ1v) is 11.1. The minimum Gasteiger partial charge on any atom is -0.357 e. The molecule has 0 spiro atoms. The largest absolute Gasteiger partial charge is 0.357 e. The second-order valence-electron chi connectivity index (χ2n) is 7.78. The van der Waals surface area contributed by atoms with Gasteiger partial charge in [-0.1, -0.05) is 71.5 Å². The van der Waals surface area contributed by atoms with Crippen LogP contribution in [0.5, 0.6) is 0 Å². The van der Waals surface area contributed by atoms with Crippen LogP contribution in [-0.4, -0.2) is 34.9 Å². The summed E-state index contributed by atoms with van der Waals surface area (Å²) in [6.07, 6.45) is 0.925. The maximum absolute atomic E-state index is 13.4. The highest BCUT2D eigenvalue weighted by Gasteiger charge is 2.28. The number of nitrogens with zero attached hydrogens (tertiary/aromatic N) is 2. The molecular formula is C25H23N3OS. The summed E-state index contributed by atoms with van der Waals surface area (Å²) in [5.74, 6) is 0.0979. The predicted octanol–water partition coefficient (Wildman–Crippen LogP) is 5.60. The Kier molecular flexibility index (Phi) is 4.97. The fourth-order valence-corrected chi connectivity index (χ4v) is 5.02. The van der Waals surface area contributed by atoms with Crippen LogP contribution in [0.3, 0.4) is 0 Å². The third kappa shape index (κ3) is 3.68. The topological polar surface area (TPSA) is 45.2 Å². The molecule has 0 bridgehead atoms. The van der Waals surface area contributed by atoms with Crippen molar-refractivity contribution in [3.8, 4) is 11.1 Å². The van der Waals surface area contributed by atoms with Gasteiger partial charge in [-0.3, -0.25) is 4.79 Å². The van der Waals surface area contributed by atoms with Crippen LogP contribution in [0, 0.1) is 6.92 Å². The van der Waals surface area contributed by atoms with E-state index in [4.69, 9.17) is 0 Å². The lowest BCUT2D eigenvalue weighted by Gasteiger charge is -2.19. The standard InChI is InChI=1S/C25H23N3OS/c1-17-7-6-8-18(15-17)20-9-2-3-10-21(20)24(29)28-14-13-19(16-28)26-25-27-22-11-4-5-12-23(22)30-25/h2-12,15,19H,13-14,16H2,1H3,(H,26,27)/t19-/m1/s1. The molecule has 1 aromatic heterocycles. The summed E-state index contributed by atoms with van der Waals surface area (Å²) in [5.41, 5.74) is 5.05. The number of nitrogens with one attached hydrogen (secondary N) is 1. The van der Waals surface area contributed by atoms with Crippen LogP contribution >= 0.6 is 11.3 Å². The fourth-order valence-electron chi connectivity index (χ4n) is 4.08. The Balaban J connectivity index is 1.33. The molecule has 1 fully saturated rings. The van der Waals surface area contributed by atoms with Crippen molar-refractivity contribution in [3.63, 3.8) is 0 Å². The van der Waals surface area contributed by atoms with Gasteiger partial charge in [-0.2, -0.15) is 0 Å². The Morgan fingerprint density at radius 3 is 2.77 bits per heavy atom. The maximum atomic E-state index is 13.4. The van der Waals surface area contributed by atoms with Crippen LogP contribution in [-0.2, 0) is 0 Å². The second-order valence-corrected chi connectivity index (χ2v) is 8.81. The number of hydrogen-bond acceptors (Lipinski definition) is 4. The fraction of sp³-hybridized carbons (Fsp3) is 0.200. The SMILES string of the molecule is Cc1cccc(-c2ccccc2C(=O)N2CC[C@@H](Nc3nc4ccccc4s3)C2)c1. The zero-order valence-electron chi connectivity index (χ0n) is 16.8. The quantitative estimate of drug-likeness (QED) is 0.474. The van der Waals surface area contributed by atoms with Gasteiger partial charge in [0, 0.05) is 24.7 Å². The van der Waals surface area contributed by atoms with Crippen molar-refractivity contribution in [2.45, 2.75) is 19.4 Å². The first-order valence-electron chi connectivity index (χ1n) is 10.2. The maximum Gasteiger partial charge on any atom is 0.254 e. The monoisotopic (exact) mass is 413 g/mol. The van der Waals surface area contributed by atoms with Gasteiger partial charge in [-0.25, -0.2) is 4.98 Å². The van der Waals surface area contributed by atoms with E-state index >= 15 is 0 Å². The summed E-state index contributed by atoms with van der Waals surface area (Å²) in [4.78, 5) is 20.0. The summed E-state index contributed by atoms with van der Waals surface area (Å²) in [6, 6.07) is 24.6. The Morgan fingerprint density at radius 2 is 1.90 bits per heavy atom. The molecule has 0 radical (unpaired) electrons. The average molecular weight is 414 g/mol. The predicted molar refractivity (Wildman–Crippen MR) is 124 cm³/mol. The molecule has 3 aromatic carbocycles. The van der Waals surface area contributed by atoms with Gasteiger partial charge in [0.25, 0.3) is 5.91 Å². The Hall–Kier alpha value is -3.18. The van der Waals surface area contributed by atoms with Crippen molar-refractivity contribution in [2.24, 2.45) is 0 Å². The molecule has 2 heterocycles. The number of aromatic nitrogens is 1. The lowest BCUT2D eigenvalue weighted by Crippen LogP contribution is -2.31. The number of carbonyl (C=O) groups excluding carboxylic acids is 1. The molecule has 150 valence electrons. The molecule has 0 saturated carbocycles. The highest BCUT2D eigenvalue weighted by atomic mass is 32.1. The van der Waals surface area contributed by atoms with E-state index < -0.39 is 0 Å². The molecule has 4 nitrogen and oxygen atoms in total. The Labute approximate surface area is 180 Å². The van der Waals surface area contributed by atoms with Gasteiger partial charge in [0.2, 0.25) is 0 Å². The molecule has 0 aliphatic carbocycles. The molecule has 1 aliphatic heterocycles. The van der Waals surface area contributed by atoms with Gasteiger partial charge in [-0.15, -0.1) is 0 Å². The lowest BCUT2D eigenvalue weighted by molar-refractivity contribution is 0.0792. The van der Waals surface area contributed by atoms with E-state index in [-0.39, 0.29) is 11.9 Å². The first kappa shape index (κ1) is 18.8. The number of fused-ring (bicyclic) bond motifs is 1. The molecule has 1 saturated heterocycles. The van der Waals surface area contributed by atoms with E-state index in [0.29, 0.717) is 6.54 Å². The minimum atomic E-state index is 0.0979. The van der Waals surface area contributed by atoms with E-state index in [1.54, 1.807) is 11.3 Å². The third-order valence-corrected chi connectivity index (χ3v) is 6.55. The number of para-hydroxylation sites is 1. The Morgan fingerprint density at radius 1 is 1.07 bits per heavy atom. The van der Waals surface area contributed by atoms with Crippen molar-refractivity contribution >= 4 is 32.6 Å². The zero-order valence-corrected chi connectivity index (χ0v) is 17.7. The highest BCUT2D eigenvalue weighted by Crippen LogP contribution is 2.29. The molecule has 0 unspecified atom stereocenters. The number of amides is 1. The number of benzene rings is 3. The highest BCUT2D eigenvalue weighted by molar-refractivity contribution is 7.22. The summed E-state index contributed by atoms with van der Waals surface area (Å²) in [7, 11) is 0. The normalized spacial score (nSPS) is 16.2. The summed E-state index contributed by atoms with van der Waals surface area (Å²) in [5, 5.41) is 4.46. The number of aryl methyl sites for hydroxylation is 1. The van der Waals surface area contributed by atoms with Crippen LogP contribution in [0.25, 0.3) is 21.3 Å². The van der Waals surface area contributed by atoms with Gasteiger partial charge in [-0.05, 0) is 42.7 Å². The van der Waals surface area contributed by atoms with Crippen molar-refractivity contribution in [1.29, 1.82) is 0 Å². The van der Waals surface area contributed by atoms with Gasteiger partial charge < -0.3 is 10.2 Å². The van der Waals surface area contributed by atoms with Crippen LogP contribution in [0.1, 0.15) is 22.3 Å². The van der Waals surface area contributed by atoms with Crippen LogP contribution < -0.4 is 5.32 Å². The molecule has 1 N–H and O–H groups in total. The summed E-state index contributed by atoms with van der Waals surface area (Å²) < 4.78 is 1.18. The van der Waals surface area contributed by atoms with E-state index in [2.05, 4.69) is 41.5 Å². The van der Waals surface area contributed by atoms with Crippen molar-refractivity contribution in [3.05, 3.63) is 83.9 Å². The minimum absolute atomic E-state index is 0.0979. The van der Waals surface area contributed by atoms with Crippen LogP contribution in [0.4, 0.5) is 5.13 Å². The van der Waals surface area contributed by atoms with Crippen molar-refractivity contribution in [1.82, 2.24) is 9.88 Å². The summed E-state index contributed by atoms with van der Waals surface area (Å²) in [6.45, 7) is 3.52. The molecular weight excluding hydrogens is 390 g/mol. The van der Waals surface area contributed by atoms with E-state index in [9.17, 15) is 4.79 Å². The number of likely N-dealkylation sites (tertiary alicyclic amines) is 1. The molecule has 5 rings (SSSR count). The molecule has 4 aromatic rings. The smallest absolute Gasteiger partial charge is 0.254 e. The van der Waals surface area contributed by atoms with Gasteiger partial charge in [0.1, 0.15) is 0 Å². The molecule has 1 aliphatic rings. The van der Waals surface area contributed by atoms with Gasteiger partial charge in [0.05, 0.1) is 10.2 Å². The third-order valence-electron chi connectivity index (χ3n) is 5.58. The second kappa shape index (κ2) is 7.92. The van der Waals surface area contributed by atoms with Crippen LogP contribution in [0.2, 0.25) is 0 Å². The zero-order chi connectivity index (χ0) is 20.5. The van der Waals surface area contributed by atoms with Gasteiger partial charge >= 0.3 is 0 Å². The number of thiazole rings is 1. The Bertz CT molecular complexity index is 1180. The average Bonchev–Trinajstić information content (AvgIpc) is 3.40. The molecule has 1 atom stereocenters. The first-order chi connectivity index (χ1) is 14.7. The number of rotatable bonds is 4. The van der Waals surface area contributed by atoms with Crippen molar-refractivity contribution < 1.29 is 4.79 Å². The number of hydrogen-bond donors (Lipinski definition) is 1. The van der Waals surface area contributed by atoms with Crippen molar-refractivity contribution in [2.75, 3.05) is 18.4 Å².